The van der Waals surface area contributed by atoms with E-state index in [0.717, 1.165) is 27.5 Å². The Balaban J connectivity index is 1.25. The van der Waals surface area contributed by atoms with Crippen LogP contribution in [0.2, 0.25) is 6.04 Å². The van der Waals surface area contributed by atoms with Crippen LogP contribution in [-0.4, -0.2) is 19.9 Å². The molecule has 3 nitrogen and oxygen atoms in total. The van der Waals surface area contributed by atoms with Crippen molar-refractivity contribution in [1.29, 1.82) is 0 Å². The maximum Gasteiger partial charge on any atom is 0.267 e. The highest BCUT2D eigenvalue weighted by Gasteiger charge is 2.52. The zero-order valence-corrected chi connectivity index (χ0v) is 37.5. The van der Waals surface area contributed by atoms with Crippen LogP contribution in [0.25, 0.3) is 19.5 Å². The van der Waals surface area contributed by atoms with Gasteiger partial charge in [0.05, 0.1) is 21.7 Å². The Morgan fingerprint density at radius 3 is 2.07 bits per heavy atom. The first-order valence-corrected chi connectivity index (χ1v) is 26.2. The fourth-order valence-electron chi connectivity index (χ4n) is 8.84. The van der Waals surface area contributed by atoms with Gasteiger partial charge >= 0.3 is 0 Å². The lowest BCUT2D eigenvalue weighted by Gasteiger charge is -2.32. The molecule has 2 aliphatic heterocycles. The van der Waals surface area contributed by atoms with Crippen LogP contribution >= 0.6 is 45.3 Å². The molecular formula is C46H57NO2S4Si. The van der Waals surface area contributed by atoms with Crippen molar-refractivity contribution in [1.82, 2.24) is 0 Å². The number of nitrogens with zero attached hydrogens (tertiary/aromatic N) is 1. The van der Waals surface area contributed by atoms with Crippen LogP contribution in [-0.2, 0) is 12.8 Å². The molecule has 0 saturated carbocycles. The van der Waals surface area contributed by atoms with E-state index >= 15 is 0 Å². The van der Waals surface area contributed by atoms with Gasteiger partial charge in [0.1, 0.15) is 0 Å². The van der Waals surface area contributed by atoms with Gasteiger partial charge in [0, 0.05) is 33.8 Å². The number of amides is 2. The number of aryl methyl sites for hydroxylation is 4. The van der Waals surface area contributed by atoms with Crippen molar-refractivity contribution in [2.75, 3.05) is 4.90 Å². The number of thiophene rings is 4. The number of rotatable bonds is 19. The maximum absolute atomic E-state index is 14.4. The van der Waals surface area contributed by atoms with Crippen LogP contribution < -0.4 is 19.8 Å². The molecule has 7 rings (SSSR count). The molecule has 2 amide bonds. The Morgan fingerprint density at radius 2 is 1.33 bits per heavy atom. The van der Waals surface area contributed by atoms with Crippen molar-refractivity contribution in [2.45, 2.75) is 137 Å². The number of imide groups is 1. The van der Waals surface area contributed by atoms with Gasteiger partial charge in [-0.25, -0.2) is 4.90 Å². The van der Waals surface area contributed by atoms with Crippen LogP contribution in [0.1, 0.15) is 146 Å². The molecule has 0 radical (unpaired) electrons. The Hall–Kier alpha value is -2.62. The first-order chi connectivity index (χ1) is 26.2. The number of hydrogen-bond acceptors (Lipinski definition) is 6. The second-order valence-corrected chi connectivity index (χ2v) is 24.6. The number of fused-ring (bicyclic) bond motifs is 4. The Bertz CT molecular complexity index is 2100. The molecule has 286 valence electrons. The molecular weight excluding hydrogens is 755 g/mol. The summed E-state index contributed by atoms with van der Waals surface area (Å²) in [4.78, 5) is 38.8. The summed E-state index contributed by atoms with van der Waals surface area (Å²) in [7, 11) is -2.35. The van der Waals surface area contributed by atoms with E-state index in [-0.39, 0.29) is 11.8 Å². The summed E-state index contributed by atoms with van der Waals surface area (Å²) in [6.07, 6.45) is 17.3. The van der Waals surface area contributed by atoms with Crippen LogP contribution in [0.15, 0.2) is 48.5 Å². The van der Waals surface area contributed by atoms with E-state index in [0.29, 0.717) is 22.7 Å². The van der Waals surface area contributed by atoms with E-state index in [1.807, 2.05) is 41.7 Å². The first-order valence-electron chi connectivity index (χ1n) is 20.7. The van der Waals surface area contributed by atoms with Crippen molar-refractivity contribution < 1.29 is 9.59 Å². The van der Waals surface area contributed by atoms with Gasteiger partial charge in [-0.05, 0) is 97.8 Å². The van der Waals surface area contributed by atoms with Crippen LogP contribution in [0, 0.1) is 19.8 Å². The van der Waals surface area contributed by atoms with Gasteiger partial charge in [-0.3, -0.25) is 9.59 Å². The van der Waals surface area contributed by atoms with Crippen LogP contribution in [0.3, 0.4) is 0 Å². The molecule has 5 aromatic rings. The lowest BCUT2D eigenvalue weighted by atomic mass is 10.0. The van der Waals surface area contributed by atoms with Crippen molar-refractivity contribution in [2.24, 2.45) is 5.92 Å². The molecule has 6 heterocycles. The Labute approximate surface area is 340 Å². The summed E-state index contributed by atoms with van der Waals surface area (Å²) in [6.45, 7) is 13.6. The highest BCUT2D eigenvalue weighted by atomic mass is 32.1. The third-order valence-electron chi connectivity index (χ3n) is 11.9. The quantitative estimate of drug-likeness (QED) is 0.0473. The molecule has 2 aliphatic rings. The lowest BCUT2D eigenvalue weighted by molar-refractivity contribution is 0.0926. The highest BCUT2D eigenvalue weighted by molar-refractivity contribution is 7.39. The van der Waals surface area contributed by atoms with Crippen LogP contribution in [0.5, 0.6) is 0 Å². The van der Waals surface area contributed by atoms with E-state index in [2.05, 4.69) is 82.4 Å². The molecule has 54 heavy (non-hydrogen) atoms. The summed E-state index contributed by atoms with van der Waals surface area (Å²) < 4.78 is 1.61. The zero-order valence-electron chi connectivity index (χ0n) is 33.2. The number of carbonyl (C=O) groups is 2. The number of hydrogen-bond donors (Lipinski definition) is 0. The molecule has 1 aromatic carbocycles. The minimum Gasteiger partial charge on any atom is -0.268 e. The monoisotopic (exact) mass is 811 g/mol. The molecule has 0 spiro atoms. The molecule has 2 atom stereocenters. The third kappa shape index (κ3) is 7.35. The molecule has 0 fully saturated rings. The summed E-state index contributed by atoms with van der Waals surface area (Å²) >= 11 is 7.56. The third-order valence-corrected chi connectivity index (χ3v) is 23.0. The molecule has 0 aliphatic carbocycles. The predicted octanol–water partition coefficient (Wildman–Crippen LogP) is 12.9. The normalized spacial score (nSPS) is 16.7. The average molecular weight is 812 g/mol. The van der Waals surface area contributed by atoms with E-state index in [9.17, 15) is 9.59 Å². The first kappa shape index (κ1) is 39.6. The second kappa shape index (κ2) is 17.3. The van der Waals surface area contributed by atoms with Crippen molar-refractivity contribution in [3.63, 3.8) is 0 Å². The summed E-state index contributed by atoms with van der Waals surface area (Å²) in [5.41, 5.74) is 3.16. The van der Waals surface area contributed by atoms with Crippen molar-refractivity contribution in [3.8, 4) is 19.5 Å². The lowest BCUT2D eigenvalue weighted by Crippen LogP contribution is -2.64. The highest BCUT2D eigenvalue weighted by Crippen LogP contribution is 2.49. The minimum atomic E-state index is -2.35. The van der Waals surface area contributed by atoms with Crippen LogP contribution in [0.4, 0.5) is 5.69 Å². The summed E-state index contributed by atoms with van der Waals surface area (Å²) in [5, 5.41) is 3.18. The topological polar surface area (TPSA) is 37.4 Å². The largest absolute Gasteiger partial charge is 0.268 e. The standard InChI is InChI=1S/C46H57NO2S4Si/c1-7-11-14-15-16-17-19-33-21-23-34(24-22-33)47-45(48)40-31(6)51-42(41(40)46(47)49)36-28-38-44(53-36)43-37(27-30(5)50-43)54(38,29-32(10-4)18-12-8-2)39-26-25-35(52-39)20-13-9-3/h21-28,32H,7-20,29H2,1-6H3. The average Bonchev–Trinajstić information content (AvgIpc) is 4.02. The van der Waals surface area contributed by atoms with Gasteiger partial charge in [-0.2, -0.15) is 0 Å². The van der Waals surface area contributed by atoms with Gasteiger partial charge in [0.25, 0.3) is 11.8 Å². The number of anilines is 1. The number of benzene rings is 1. The molecule has 8 heteroatoms. The zero-order chi connectivity index (χ0) is 38.0. The predicted molar refractivity (Wildman–Crippen MR) is 241 cm³/mol. The number of unbranched alkanes of at least 4 members (excludes halogenated alkanes) is 7. The Morgan fingerprint density at radius 1 is 0.648 bits per heavy atom. The maximum atomic E-state index is 14.4. The van der Waals surface area contributed by atoms with E-state index < -0.39 is 8.07 Å². The summed E-state index contributed by atoms with van der Waals surface area (Å²) in [6, 6.07) is 19.4. The fourth-order valence-corrected chi connectivity index (χ4v) is 21.8. The van der Waals surface area contributed by atoms with Crippen molar-refractivity contribution >= 4 is 85.8 Å². The number of carbonyl (C=O) groups excluding carboxylic acids is 2. The van der Waals surface area contributed by atoms with Gasteiger partial charge in [0.2, 0.25) is 0 Å². The van der Waals surface area contributed by atoms with Gasteiger partial charge in [-0.1, -0.05) is 110 Å². The van der Waals surface area contributed by atoms with E-state index in [1.165, 1.54) is 113 Å². The summed E-state index contributed by atoms with van der Waals surface area (Å²) in [5.74, 6) is 0.327. The molecule has 2 unspecified atom stereocenters. The SMILES string of the molecule is CCCCCCCCc1ccc(N2C(=O)c3c(C)sc(-c4cc5c(s4)-c4sc(C)cc4[Si]5(CC(CC)CCCC)c4ccc(CCCC)s4)c3C2=O)cc1. The van der Waals surface area contributed by atoms with Gasteiger partial charge in [-0.15, -0.1) is 45.3 Å². The van der Waals surface area contributed by atoms with E-state index in [1.54, 1.807) is 26.2 Å². The smallest absolute Gasteiger partial charge is 0.267 e. The van der Waals surface area contributed by atoms with Crippen molar-refractivity contribution in [3.05, 3.63) is 79.9 Å². The molecule has 4 aromatic heterocycles. The van der Waals surface area contributed by atoms with E-state index in [4.69, 9.17) is 0 Å². The van der Waals surface area contributed by atoms with Gasteiger partial charge in [0.15, 0.2) is 8.07 Å². The fraction of sp³-hybridized carbons (Fsp3) is 0.478. The Kier molecular flexibility index (Phi) is 12.7. The minimum absolute atomic E-state index is 0.174. The van der Waals surface area contributed by atoms with Gasteiger partial charge < -0.3 is 0 Å². The second-order valence-electron chi connectivity index (χ2n) is 15.7. The molecule has 0 N–H and O–H groups in total. The molecule has 0 saturated heterocycles. The molecule has 0 bridgehead atoms.